The summed E-state index contributed by atoms with van der Waals surface area (Å²) in [7, 11) is 0. The van der Waals surface area contributed by atoms with E-state index in [4.69, 9.17) is 0 Å². The fraction of sp³-hybridized carbons (Fsp3) is 0.188. The van der Waals surface area contributed by atoms with Gasteiger partial charge in [0.25, 0.3) is 5.91 Å². The third-order valence-corrected chi connectivity index (χ3v) is 4.92. The summed E-state index contributed by atoms with van der Waals surface area (Å²) >= 11 is 2.87. The topological polar surface area (TPSA) is 54.9 Å². The number of anilines is 1. The van der Waals surface area contributed by atoms with Gasteiger partial charge in [0.2, 0.25) is 5.13 Å². The number of carbonyl (C=O) groups excluding carboxylic acids is 1. The van der Waals surface area contributed by atoms with Gasteiger partial charge in [-0.25, -0.2) is 0 Å². The molecular weight excluding hydrogens is 314 g/mol. The van der Waals surface area contributed by atoms with E-state index in [1.807, 2.05) is 41.8 Å². The van der Waals surface area contributed by atoms with Gasteiger partial charge in [-0.05, 0) is 23.4 Å². The number of aromatic nitrogens is 2. The van der Waals surface area contributed by atoms with Crippen LogP contribution >= 0.6 is 22.7 Å². The van der Waals surface area contributed by atoms with Gasteiger partial charge >= 0.3 is 0 Å². The normalized spacial score (nSPS) is 10.6. The Labute approximate surface area is 136 Å². The van der Waals surface area contributed by atoms with Crippen LogP contribution < -0.4 is 5.32 Å². The lowest BCUT2D eigenvalue weighted by atomic mass is 10.1. The predicted molar refractivity (Wildman–Crippen MR) is 91.6 cm³/mol. The highest BCUT2D eigenvalue weighted by molar-refractivity contribution is 7.15. The zero-order chi connectivity index (χ0) is 15.4. The molecular formula is C16H15N3OS2. The molecule has 1 aromatic carbocycles. The zero-order valence-corrected chi connectivity index (χ0v) is 13.7. The van der Waals surface area contributed by atoms with E-state index in [1.54, 1.807) is 0 Å². The van der Waals surface area contributed by atoms with Crippen molar-refractivity contribution in [2.75, 3.05) is 5.32 Å². The maximum atomic E-state index is 12.5. The van der Waals surface area contributed by atoms with Crippen LogP contribution in [0, 0.1) is 0 Å². The average molecular weight is 329 g/mol. The fourth-order valence-electron chi connectivity index (χ4n) is 2.10. The van der Waals surface area contributed by atoms with Crippen LogP contribution in [0.25, 0.3) is 11.1 Å². The molecule has 6 heteroatoms. The highest BCUT2D eigenvalue weighted by Crippen LogP contribution is 2.29. The summed E-state index contributed by atoms with van der Waals surface area (Å²) in [6, 6.07) is 11.9. The SMILES string of the molecule is CCCc1nnc(NC(=O)c2sccc2-c2ccccc2)s1. The summed E-state index contributed by atoms with van der Waals surface area (Å²) in [5, 5.41) is 14.4. The molecule has 2 heterocycles. The molecule has 0 saturated carbocycles. The van der Waals surface area contributed by atoms with Crippen LogP contribution in [0.5, 0.6) is 0 Å². The molecule has 0 aliphatic heterocycles. The molecule has 0 radical (unpaired) electrons. The molecule has 1 amide bonds. The number of benzene rings is 1. The maximum absolute atomic E-state index is 12.5. The minimum atomic E-state index is -0.131. The smallest absolute Gasteiger partial charge is 0.268 e. The molecule has 0 aliphatic carbocycles. The number of rotatable bonds is 5. The Morgan fingerprint density at radius 1 is 1.18 bits per heavy atom. The van der Waals surface area contributed by atoms with E-state index in [0.717, 1.165) is 29.0 Å². The minimum Gasteiger partial charge on any atom is -0.296 e. The van der Waals surface area contributed by atoms with E-state index in [0.29, 0.717) is 10.0 Å². The van der Waals surface area contributed by atoms with Crippen molar-refractivity contribution in [2.24, 2.45) is 0 Å². The average Bonchev–Trinajstić information content (AvgIpc) is 3.18. The molecule has 22 heavy (non-hydrogen) atoms. The standard InChI is InChI=1S/C16H15N3OS2/c1-2-6-13-18-19-16(22-13)17-15(20)14-12(9-10-21-14)11-7-4-3-5-8-11/h3-5,7-10H,2,6H2,1H3,(H,17,19,20). The van der Waals surface area contributed by atoms with Crippen LogP contribution in [-0.2, 0) is 6.42 Å². The molecule has 2 aromatic heterocycles. The molecule has 0 bridgehead atoms. The van der Waals surface area contributed by atoms with Gasteiger partial charge in [-0.15, -0.1) is 21.5 Å². The third kappa shape index (κ3) is 3.23. The molecule has 0 fully saturated rings. The highest BCUT2D eigenvalue weighted by atomic mass is 32.1. The van der Waals surface area contributed by atoms with Crippen molar-refractivity contribution in [1.82, 2.24) is 10.2 Å². The number of nitrogens with zero attached hydrogens (tertiary/aromatic N) is 2. The van der Waals surface area contributed by atoms with E-state index in [1.165, 1.54) is 22.7 Å². The number of hydrogen-bond acceptors (Lipinski definition) is 5. The molecule has 0 aliphatic rings. The Kier molecular flexibility index (Phi) is 4.60. The molecule has 0 spiro atoms. The van der Waals surface area contributed by atoms with Crippen LogP contribution in [-0.4, -0.2) is 16.1 Å². The lowest BCUT2D eigenvalue weighted by molar-refractivity contribution is 0.103. The second kappa shape index (κ2) is 6.81. The lowest BCUT2D eigenvalue weighted by Gasteiger charge is -2.03. The van der Waals surface area contributed by atoms with Gasteiger partial charge in [0.05, 0.1) is 0 Å². The van der Waals surface area contributed by atoms with E-state index in [9.17, 15) is 4.79 Å². The molecule has 1 N–H and O–H groups in total. The molecule has 0 atom stereocenters. The number of thiophene rings is 1. The first-order chi connectivity index (χ1) is 10.8. The first kappa shape index (κ1) is 14.9. The predicted octanol–water partition coefficient (Wildman–Crippen LogP) is 4.47. The number of hydrogen-bond donors (Lipinski definition) is 1. The summed E-state index contributed by atoms with van der Waals surface area (Å²) in [5.41, 5.74) is 1.99. The van der Waals surface area contributed by atoms with Crippen molar-refractivity contribution in [2.45, 2.75) is 19.8 Å². The molecule has 112 valence electrons. The summed E-state index contributed by atoms with van der Waals surface area (Å²) in [6.07, 6.45) is 1.91. The van der Waals surface area contributed by atoms with Gasteiger partial charge < -0.3 is 0 Å². The number of carbonyl (C=O) groups is 1. The fourth-order valence-corrected chi connectivity index (χ4v) is 3.75. The van der Waals surface area contributed by atoms with Crippen molar-refractivity contribution in [3.63, 3.8) is 0 Å². The number of amides is 1. The Bertz CT molecular complexity index is 765. The molecule has 3 aromatic rings. The zero-order valence-electron chi connectivity index (χ0n) is 12.1. The summed E-state index contributed by atoms with van der Waals surface area (Å²) in [6.45, 7) is 2.09. The summed E-state index contributed by atoms with van der Waals surface area (Å²) in [4.78, 5) is 13.2. The van der Waals surface area contributed by atoms with Gasteiger partial charge in [-0.3, -0.25) is 10.1 Å². The van der Waals surface area contributed by atoms with Crippen molar-refractivity contribution >= 4 is 33.7 Å². The molecule has 0 saturated heterocycles. The van der Waals surface area contributed by atoms with E-state index in [2.05, 4.69) is 22.4 Å². The molecule has 4 nitrogen and oxygen atoms in total. The Balaban J connectivity index is 1.79. The van der Waals surface area contributed by atoms with Gasteiger partial charge in [0, 0.05) is 12.0 Å². The van der Waals surface area contributed by atoms with Crippen LogP contribution in [0.1, 0.15) is 28.0 Å². The van der Waals surface area contributed by atoms with Gasteiger partial charge in [0.15, 0.2) is 0 Å². The Morgan fingerprint density at radius 2 is 2.00 bits per heavy atom. The Morgan fingerprint density at radius 3 is 2.77 bits per heavy atom. The van der Waals surface area contributed by atoms with Crippen LogP contribution in [0.15, 0.2) is 41.8 Å². The largest absolute Gasteiger partial charge is 0.296 e. The van der Waals surface area contributed by atoms with Crippen LogP contribution in [0.2, 0.25) is 0 Å². The molecule has 0 unspecified atom stereocenters. The first-order valence-corrected chi connectivity index (χ1v) is 8.74. The first-order valence-electron chi connectivity index (χ1n) is 7.04. The highest BCUT2D eigenvalue weighted by Gasteiger charge is 2.16. The van der Waals surface area contributed by atoms with Gasteiger partial charge in [-0.1, -0.05) is 48.6 Å². The third-order valence-electron chi connectivity index (χ3n) is 3.11. The quantitative estimate of drug-likeness (QED) is 0.751. The van der Waals surface area contributed by atoms with E-state index < -0.39 is 0 Å². The monoisotopic (exact) mass is 329 g/mol. The Hall–Kier alpha value is -2.05. The lowest BCUT2D eigenvalue weighted by Crippen LogP contribution is -2.11. The molecule has 3 rings (SSSR count). The van der Waals surface area contributed by atoms with Crippen molar-refractivity contribution in [3.05, 3.63) is 51.7 Å². The van der Waals surface area contributed by atoms with Crippen molar-refractivity contribution in [3.8, 4) is 11.1 Å². The van der Waals surface area contributed by atoms with Crippen LogP contribution in [0.4, 0.5) is 5.13 Å². The van der Waals surface area contributed by atoms with Crippen LogP contribution in [0.3, 0.4) is 0 Å². The second-order valence-corrected chi connectivity index (χ2v) is 6.71. The summed E-state index contributed by atoms with van der Waals surface area (Å²) < 4.78 is 0. The van der Waals surface area contributed by atoms with E-state index in [-0.39, 0.29) is 5.91 Å². The number of aryl methyl sites for hydroxylation is 1. The van der Waals surface area contributed by atoms with E-state index >= 15 is 0 Å². The van der Waals surface area contributed by atoms with Gasteiger partial charge in [0.1, 0.15) is 9.88 Å². The van der Waals surface area contributed by atoms with Crippen molar-refractivity contribution in [1.29, 1.82) is 0 Å². The second-order valence-electron chi connectivity index (χ2n) is 4.73. The maximum Gasteiger partial charge on any atom is 0.268 e. The minimum absolute atomic E-state index is 0.131. The summed E-state index contributed by atoms with van der Waals surface area (Å²) in [5.74, 6) is -0.131. The number of nitrogens with one attached hydrogen (secondary N) is 1. The van der Waals surface area contributed by atoms with Crippen molar-refractivity contribution < 1.29 is 4.79 Å². The van der Waals surface area contributed by atoms with Gasteiger partial charge in [-0.2, -0.15) is 0 Å².